The van der Waals surface area contributed by atoms with Crippen molar-refractivity contribution in [3.63, 3.8) is 0 Å². The number of imide groups is 1. The molecule has 0 unspecified atom stereocenters. The largest absolute Gasteiger partial charge is 0.503 e. The Kier molecular flexibility index (Phi) is 6.20. The molecule has 0 spiro atoms. The minimum atomic E-state index is -1.29. The van der Waals surface area contributed by atoms with Gasteiger partial charge in [-0.3, -0.25) is 34.7 Å². The van der Waals surface area contributed by atoms with Crippen molar-refractivity contribution in [2.24, 2.45) is 5.92 Å². The topological polar surface area (TPSA) is 166 Å². The number of rotatable bonds is 6. The third-order valence-electron chi connectivity index (χ3n) is 6.34. The first-order valence-corrected chi connectivity index (χ1v) is 11.8. The van der Waals surface area contributed by atoms with Gasteiger partial charge in [-0.1, -0.05) is 6.07 Å². The van der Waals surface area contributed by atoms with Crippen molar-refractivity contribution in [1.29, 1.82) is 0 Å². The van der Waals surface area contributed by atoms with E-state index < -0.39 is 39.7 Å². The number of hydrogen-bond donors (Lipinski definition) is 1. The van der Waals surface area contributed by atoms with Crippen LogP contribution in [-0.4, -0.2) is 40.0 Å². The van der Waals surface area contributed by atoms with E-state index in [-0.39, 0.29) is 38.7 Å². The fraction of sp³-hybridized carbons (Fsp3) is 0.167. The van der Waals surface area contributed by atoms with E-state index in [0.29, 0.717) is 5.56 Å². The molecule has 2 amide bonds. The highest BCUT2D eigenvalue weighted by molar-refractivity contribution is 9.10. The van der Waals surface area contributed by atoms with E-state index in [0.717, 1.165) is 4.90 Å². The summed E-state index contributed by atoms with van der Waals surface area (Å²) in [7, 11) is 1.35. The van der Waals surface area contributed by atoms with Crippen LogP contribution in [0.2, 0.25) is 0 Å². The monoisotopic (exact) mass is 584 g/mol. The molecule has 2 heterocycles. The van der Waals surface area contributed by atoms with Crippen LogP contribution in [0, 0.1) is 26.1 Å². The number of phenols is 1. The molecular formula is C24H17BrN4O9. The third kappa shape index (κ3) is 3.99. The molecule has 2 fully saturated rings. The highest BCUT2D eigenvalue weighted by Gasteiger charge is 2.60. The van der Waals surface area contributed by atoms with Crippen molar-refractivity contribution < 1.29 is 34.1 Å². The van der Waals surface area contributed by atoms with Gasteiger partial charge in [0.25, 0.3) is 17.3 Å². The van der Waals surface area contributed by atoms with Crippen LogP contribution in [0.25, 0.3) is 0 Å². The molecule has 38 heavy (non-hydrogen) atoms. The number of nitro benzene ring substituents is 2. The normalized spacial score (nSPS) is 20.5. The maximum Gasteiger partial charge on any atom is 0.271 e. The molecule has 3 aromatic carbocycles. The number of amides is 2. The van der Waals surface area contributed by atoms with Crippen LogP contribution in [0.4, 0.5) is 22.7 Å². The quantitative estimate of drug-likeness (QED) is 0.254. The first kappa shape index (κ1) is 25.1. The lowest BCUT2D eigenvalue weighted by Crippen LogP contribution is -2.37. The number of carbonyl (C=O) groups excluding carboxylic acids is 2. The van der Waals surface area contributed by atoms with Crippen molar-refractivity contribution >= 4 is 50.5 Å². The molecule has 3 atom stereocenters. The molecule has 0 saturated carbocycles. The molecular weight excluding hydrogens is 568 g/mol. The van der Waals surface area contributed by atoms with Crippen LogP contribution in [0.15, 0.2) is 65.1 Å². The number of aromatic hydroxyl groups is 1. The van der Waals surface area contributed by atoms with Crippen molar-refractivity contribution in [2.45, 2.75) is 12.1 Å². The number of phenolic OH excluding ortho intramolecular Hbond substituents is 1. The van der Waals surface area contributed by atoms with Gasteiger partial charge in [0.05, 0.1) is 38.8 Å². The molecule has 0 bridgehead atoms. The van der Waals surface area contributed by atoms with E-state index in [9.17, 15) is 34.9 Å². The number of fused-ring (bicyclic) bond motifs is 1. The van der Waals surface area contributed by atoms with Crippen molar-refractivity contribution in [3.05, 3.63) is 90.9 Å². The average Bonchev–Trinajstić information content (AvgIpc) is 3.41. The minimum Gasteiger partial charge on any atom is -0.503 e. The Morgan fingerprint density at radius 1 is 0.947 bits per heavy atom. The average molecular weight is 585 g/mol. The van der Waals surface area contributed by atoms with Crippen LogP contribution in [0.1, 0.15) is 11.6 Å². The molecule has 3 aromatic rings. The Hall–Kier alpha value is -4.56. The molecule has 0 aromatic heterocycles. The first-order valence-electron chi connectivity index (χ1n) is 11.0. The Labute approximate surface area is 222 Å². The standard InChI is InChI=1S/C24H17BrN4O9/c1-37-18-10-12(9-17(25)21(18)30)20-19-22(38-27(20)15-3-2-4-16(11-15)29(35)36)24(32)26(23(19)31)13-5-7-14(8-6-13)28(33)34/h2-11,19-20,22,30H,1H3/t19-,20-,22-/m0/s1. The summed E-state index contributed by atoms with van der Waals surface area (Å²) in [6, 6.07) is 12.5. The van der Waals surface area contributed by atoms with Crippen LogP contribution in [-0.2, 0) is 14.4 Å². The molecule has 2 aliphatic rings. The van der Waals surface area contributed by atoms with Gasteiger partial charge >= 0.3 is 0 Å². The molecule has 2 saturated heterocycles. The van der Waals surface area contributed by atoms with Gasteiger partial charge in [-0.05, 0) is 51.8 Å². The highest BCUT2D eigenvalue weighted by atomic mass is 79.9. The summed E-state index contributed by atoms with van der Waals surface area (Å²) in [6.45, 7) is 0. The molecule has 194 valence electrons. The van der Waals surface area contributed by atoms with E-state index >= 15 is 0 Å². The zero-order valence-electron chi connectivity index (χ0n) is 19.4. The maximum absolute atomic E-state index is 13.7. The second kappa shape index (κ2) is 9.39. The molecule has 1 N–H and O–H groups in total. The van der Waals surface area contributed by atoms with Gasteiger partial charge < -0.3 is 9.84 Å². The SMILES string of the molecule is COc1cc([C@H]2[C@@H]3C(=O)N(c4ccc([N+](=O)[O-])cc4)C(=O)[C@H]3ON2c2cccc([N+](=O)[O-])c2)cc(Br)c1O. The number of non-ortho nitro benzene ring substituents is 2. The Morgan fingerprint density at radius 3 is 2.26 bits per heavy atom. The first-order chi connectivity index (χ1) is 18.1. The lowest BCUT2D eigenvalue weighted by molar-refractivity contribution is -0.385. The summed E-state index contributed by atoms with van der Waals surface area (Å²) in [4.78, 5) is 55.3. The molecule has 2 aliphatic heterocycles. The van der Waals surface area contributed by atoms with Gasteiger partial charge in [0.2, 0.25) is 5.91 Å². The molecule has 14 heteroatoms. The van der Waals surface area contributed by atoms with Crippen molar-refractivity contribution in [3.8, 4) is 11.5 Å². The summed E-state index contributed by atoms with van der Waals surface area (Å²) in [5.41, 5.74) is 0.340. The van der Waals surface area contributed by atoms with Crippen LogP contribution in [0.5, 0.6) is 11.5 Å². The summed E-state index contributed by atoms with van der Waals surface area (Å²) in [6.07, 6.45) is -1.29. The minimum absolute atomic E-state index is 0.0841. The summed E-state index contributed by atoms with van der Waals surface area (Å²) in [5.74, 6) is -2.53. The molecule has 5 rings (SSSR count). The smallest absolute Gasteiger partial charge is 0.271 e. The maximum atomic E-state index is 13.7. The lowest BCUT2D eigenvalue weighted by Gasteiger charge is -2.29. The van der Waals surface area contributed by atoms with Gasteiger partial charge in [0, 0.05) is 24.3 Å². The third-order valence-corrected chi connectivity index (χ3v) is 6.95. The zero-order valence-corrected chi connectivity index (χ0v) is 21.0. The summed E-state index contributed by atoms with van der Waals surface area (Å²) < 4.78 is 5.50. The van der Waals surface area contributed by atoms with Crippen LogP contribution < -0.4 is 14.7 Å². The second-order valence-corrected chi connectivity index (χ2v) is 9.29. The van der Waals surface area contributed by atoms with Crippen molar-refractivity contribution in [2.75, 3.05) is 17.1 Å². The van der Waals surface area contributed by atoms with Gasteiger partial charge in [-0.25, -0.2) is 9.96 Å². The van der Waals surface area contributed by atoms with Gasteiger partial charge in [-0.2, -0.15) is 0 Å². The van der Waals surface area contributed by atoms with Crippen LogP contribution >= 0.6 is 15.9 Å². The predicted molar refractivity (Wildman–Crippen MR) is 135 cm³/mol. The summed E-state index contributed by atoms with van der Waals surface area (Å²) in [5, 5.41) is 34.0. The Balaban J connectivity index is 1.62. The number of halogens is 1. The van der Waals surface area contributed by atoms with E-state index in [1.165, 1.54) is 72.8 Å². The number of hydroxylamine groups is 1. The fourth-order valence-corrected chi connectivity index (χ4v) is 5.08. The van der Waals surface area contributed by atoms with Crippen molar-refractivity contribution in [1.82, 2.24) is 0 Å². The number of benzene rings is 3. The lowest BCUT2D eigenvalue weighted by atomic mass is 9.90. The highest BCUT2D eigenvalue weighted by Crippen LogP contribution is 2.50. The molecule has 13 nitrogen and oxygen atoms in total. The molecule has 0 aliphatic carbocycles. The van der Waals surface area contributed by atoms with E-state index in [1.54, 1.807) is 0 Å². The number of anilines is 2. The Morgan fingerprint density at radius 2 is 1.63 bits per heavy atom. The number of methoxy groups -OCH3 is 1. The fourth-order valence-electron chi connectivity index (χ4n) is 4.62. The van der Waals surface area contributed by atoms with Gasteiger partial charge in [0.15, 0.2) is 17.6 Å². The number of nitrogens with zero attached hydrogens (tertiary/aromatic N) is 4. The van der Waals surface area contributed by atoms with E-state index in [2.05, 4.69) is 15.9 Å². The van der Waals surface area contributed by atoms with E-state index in [1.807, 2.05) is 0 Å². The van der Waals surface area contributed by atoms with E-state index in [4.69, 9.17) is 9.57 Å². The number of hydrogen-bond acceptors (Lipinski definition) is 10. The number of ether oxygens (including phenoxy) is 1. The second-order valence-electron chi connectivity index (χ2n) is 8.44. The number of carbonyl (C=O) groups is 2. The van der Waals surface area contributed by atoms with Gasteiger partial charge in [-0.15, -0.1) is 0 Å². The Bertz CT molecular complexity index is 1500. The molecule has 0 radical (unpaired) electrons. The van der Waals surface area contributed by atoms with Gasteiger partial charge in [0.1, 0.15) is 5.92 Å². The zero-order chi connectivity index (χ0) is 27.3. The summed E-state index contributed by atoms with van der Waals surface area (Å²) >= 11 is 3.26. The van der Waals surface area contributed by atoms with Crippen LogP contribution in [0.3, 0.4) is 0 Å². The predicted octanol–water partition coefficient (Wildman–Crippen LogP) is 4.03. The number of nitro groups is 2.